The molecule has 0 saturated carbocycles. The number of amides is 1. The monoisotopic (exact) mass is 623 g/mol. The van der Waals surface area contributed by atoms with Crippen LogP contribution in [0.25, 0.3) is 11.3 Å². The molecule has 10 nitrogen and oxygen atoms in total. The van der Waals surface area contributed by atoms with Gasteiger partial charge in [0.05, 0.1) is 48.9 Å². The molecule has 45 heavy (non-hydrogen) atoms. The second-order valence-electron chi connectivity index (χ2n) is 10.1. The molecule has 2 aliphatic rings. The maximum atomic E-state index is 14.5. The van der Waals surface area contributed by atoms with Gasteiger partial charge in [0.2, 0.25) is 0 Å². The number of para-hydroxylation sites is 1. The summed E-state index contributed by atoms with van der Waals surface area (Å²) in [6, 6.07) is 22.4. The van der Waals surface area contributed by atoms with E-state index in [1.54, 1.807) is 62.4 Å². The first-order chi connectivity index (χ1) is 21.9. The molecule has 0 fully saturated rings. The lowest BCUT2D eigenvalue weighted by Crippen LogP contribution is -2.41. The molecule has 0 unspecified atom stereocenters. The molecule has 228 valence electrons. The van der Waals surface area contributed by atoms with Gasteiger partial charge in [0.1, 0.15) is 16.8 Å². The molecule has 2 aliphatic heterocycles. The van der Waals surface area contributed by atoms with Crippen molar-refractivity contribution in [2.75, 3.05) is 31.8 Å². The number of aromatic nitrogens is 1. The lowest BCUT2D eigenvalue weighted by molar-refractivity contribution is -0.142. The van der Waals surface area contributed by atoms with E-state index >= 15 is 0 Å². The summed E-state index contributed by atoms with van der Waals surface area (Å²) in [5.74, 6) is -1.14. The van der Waals surface area contributed by atoms with Crippen LogP contribution in [0.2, 0.25) is 0 Å². The fourth-order valence-electron chi connectivity index (χ4n) is 5.61. The summed E-state index contributed by atoms with van der Waals surface area (Å²) >= 11 is 1.06. The van der Waals surface area contributed by atoms with Crippen molar-refractivity contribution in [1.82, 2.24) is 4.57 Å². The Morgan fingerprint density at radius 2 is 1.64 bits per heavy atom. The number of anilines is 1. The third kappa shape index (κ3) is 5.25. The Hall–Kier alpha value is -5.29. The molecular weight excluding hydrogens is 594 g/mol. The van der Waals surface area contributed by atoms with E-state index in [1.807, 2.05) is 30.3 Å². The number of carbonyl (C=O) groups excluding carboxylic acids is 3. The predicted molar refractivity (Wildman–Crippen MR) is 168 cm³/mol. The van der Waals surface area contributed by atoms with E-state index in [-0.39, 0.29) is 35.4 Å². The summed E-state index contributed by atoms with van der Waals surface area (Å²) in [5, 5.41) is 0. The second kappa shape index (κ2) is 12.4. The van der Waals surface area contributed by atoms with Gasteiger partial charge in [0, 0.05) is 11.1 Å². The van der Waals surface area contributed by atoms with Gasteiger partial charge in [-0.25, -0.2) is 9.79 Å². The van der Waals surface area contributed by atoms with E-state index < -0.39 is 29.4 Å². The molecule has 0 aliphatic carbocycles. The maximum Gasteiger partial charge on any atom is 0.338 e. The summed E-state index contributed by atoms with van der Waals surface area (Å²) in [5.41, 5.74) is 2.48. The molecule has 0 saturated heterocycles. The molecule has 0 spiro atoms. The standard InChI is InChI=1S/C34H29N3O7S/c1-4-43-25(38)19-36-24-17-10-9-16-23(24)26(31(36)39)30-32(40)37-29(21-14-11-15-22(18-21)42-3)27(33(41)44-5-2)28(35-34(37)45-30)20-12-7-6-8-13-20/h6-18,29H,4-5,19H2,1-3H3/b30-26+/t29-/m1/s1. The third-order valence-electron chi connectivity index (χ3n) is 7.50. The molecule has 1 aromatic heterocycles. The molecule has 0 radical (unpaired) electrons. The van der Waals surface area contributed by atoms with Crippen LogP contribution in [0.4, 0.5) is 5.69 Å². The van der Waals surface area contributed by atoms with Crippen LogP contribution in [0.3, 0.4) is 0 Å². The minimum atomic E-state index is -0.942. The van der Waals surface area contributed by atoms with Crippen molar-refractivity contribution in [3.05, 3.63) is 121 Å². The molecule has 4 aromatic rings. The first-order valence-corrected chi connectivity index (χ1v) is 15.2. The Bertz CT molecular complexity index is 2050. The number of nitrogens with zero attached hydrogens (tertiary/aromatic N) is 3. The Morgan fingerprint density at radius 3 is 2.38 bits per heavy atom. The van der Waals surface area contributed by atoms with Crippen LogP contribution in [0.1, 0.15) is 36.6 Å². The molecule has 3 heterocycles. The Morgan fingerprint density at radius 1 is 0.911 bits per heavy atom. The van der Waals surface area contributed by atoms with Crippen LogP contribution in [0.15, 0.2) is 94.2 Å². The van der Waals surface area contributed by atoms with Gasteiger partial charge in [0.25, 0.3) is 11.5 Å². The van der Waals surface area contributed by atoms with Crippen molar-refractivity contribution in [1.29, 1.82) is 0 Å². The second-order valence-corrected chi connectivity index (χ2v) is 11.1. The van der Waals surface area contributed by atoms with E-state index in [2.05, 4.69) is 0 Å². The first kappa shape index (κ1) is 29.8. The SMILES string of the molecule is CCOC(=O)CN1C(=O)/C(=c2/sc3n(c2=O)[C@H](c2cccc(OC)c2)C(C(=O)OCC)=C(c2ccccc2)N=3)c2ccccc21. The zero-order valence-corrected chi connectivity index (χ0v) is 25.6. The number of benzene rings is 3. The number of thiazole rings is 1. The fraction of sp³-hybridized carbons (Fsp3) is 0.206. The summed E-state index contributed by atoms with van der Waals surface area (Å²) in [6.45, 7) is 3.39. The van der Waals surface area contributed by atoms with Crippen molar-refractivity contribution < 1.29 is 28.6 Å². The zero-order valence-electron chi connectivity index (χ0n) is 24.8. The lowest BCUT2D eigenvalue weighted by atomic mass is 9.93. The summed E-state index contributed by atoms with van der Waals surface area (Å²) in [4.78, 5) is 61.1. The van der Waals surface area contributed by atoms with Crippen LogP contribution in [-0.2, 0) is 23.9 Å². The maximum absolute atomic E-state index is 14.5. The van der Waals surface area contributed by atoms with Crippen molar-refractivity contribution >= 4 is 46.1 Å². The molecule has 1 atom stereocenters. The van der Waals surface area contributed by atoms with Gasteiger partial charge in [-0.2, -0.15) is 0 Å². The Kier molecular flexibility index (Phi) is 8.18. The van der Waals surface area contributed by atoms with E-state index in [0.29, 0.717) is 38.6 Å². The van der Waals surface area contributed by atoms with Crippen LogP contribution in [0, 0.1) is 0 Å². The zero-order chi connectivity index (χ0) is 31.7. The number of hydrogen-bond acceptors (Lipinski definition) is 9. The first-order valence-electron chi connectivity index (χ1n) is 14.4. The van der Waals surface area contributed by atoms with Gasteiger partial charge < -0.3 is 14.2 Å². The number of carbonyl (C=O) groups is 3. The number of hydrogen-bond donors (Lipinski definition) is 0. The molecule has 0 bridgehead atoms. The molecule has 3 aromatic carbocycles. The average Bonchev–Trinajstić information content (AvgIpc) is 3.52. The number of ether oxygens (including phenoxy) is 3. The van der Waals surface area contributed by atoms with Crippen LogP contribution in [-0.4, -0.2) is 49.3 Å². The average molecular weight is 624 g/mol. The van der Waals surface area contributed by atoms with Crippen LogP contribution in [0.5, 0.6) is 5.75 Å². The van der Waals surface area contributed by atoms with Gasteiger partial charge in [-0.1, -0.05) is 72.0 Å². The highest BCUT2D eigenvalue weighted by Gasteiger charge is 2.39. The third-order valence-corrected chi connectivity index (χ3v) is 8.56. The largest absolute Gasteiger partial charge is 0.497 e. The van der Waals surface area contributed by atoms with Gasteiger partial charge in [-0.3, -0.25) is 23.9 Å². The lowest BCUT2D eigenvalue weighted by Gasteiger charge is -2.26. The molecule has 6 rings (SSSR count). The topological polar surface area (TPSA) is 116 Å². The number of methoxy groups -OCH3 is 1. The van der Waals surface area contributed by atoms with E-state index in [1.165, 1.54) is 16.6 Å². The highest BCUT2D eigenvalue weighted by atomic mass is 32.1. The van der Waals surface area contributed by atoms with E-state index in [0.717, 1.165) is 11.3 Å². The van der Waals surface area contributed by atoms with Crippen molar-refractivity contribution in [2.45, 2.75) is 19.9 Å². The molecule has 11 heteroatoms. The molecular formula is C34H29N3O7S. The van der Waals surface area contributed by atoms with Gasteiger partial charge >= 0.3 is 11.9 Å². The summed E-state index contributed by atoms with van der Waals surface area (Å²) < 4.78 is 17.7. The predicted octanol–water partition coefficient (Wildman–Crippen LogP) is 3.22. The van der Waals surface area contributed by atoms with Gasteiger partial charge in [-0.15, -0.1) is 0 Å². The van der Waals surface area contributed by atoms with Gasteiger partial charge in [-0.05, 0) is 37.6 Å². The highest BCUT2D eigenvalue weighted by molar-refractivity contribution is 7.07. The Labute approximate surface area is 262 Å². The van der Waals surface area contributed by atoms with Gasteiger partial charge in [0.15, 0.2) is 4.80 Å². The fourth-order valence-corrected chi connectivity index (χ4v) is 6.70. The number of rotatable bonds is 8. The summed E-state index contributed by atoms with van der Waals surface area (Å²) in [7, 11) is 1.54. The smallest absolute Gasteiger partial charge is 0.338 e. The Balaban J connectivity index is 1.66. The van der Waals surface area contributed by atoms with Crippen LogP contribution < -0.4 is 24.5 Å². The van der Waals surface area contributed by atoms with Crippen LogP contribution >= 0.6 is 11.3 Å². The summed E-state index contributed by atoms with van der Waals surface area (Å²) in [6.07, 6.45) is 0. The number of esters is 2. The van der Waals surface area contributed by atoms with Crippen molar-refractivity contribution in [3.8, 4) is 5.75 Å². The quantitative estimate of drug-likeness (QED) is 0.277. The van der Waals surface area contributed by atoms with E-state index in [9.17, 15) is 19.2 Å². The minimum absolute atomic E-state index is 0.116. The number of fused-ring (bicyclic) bond motifs is 2. The molecule has 1 amide bonds. The van der Waals surface area contributed by atoms with E-state index in [4.69, 9.17) is 19.2 Å². The van der Waals surface area contributed by atoms with Crippen molar-refractivity contribution in [2.24, 2.45) is 4.99 Å². The molecule has 0 N–H and O–H groups in total. The minimum Gasteiger partial charge on any atom is -0.497 e. The van der Waals surface area contributed by atoms with Crippen molar-refractivity contribution in [3.63, 3.8) is 0 Å². The normalized spacial score (nSPS) is 16.6. The highest BCUT2D eigenvalue weighted by Crippen LogP contribution is 2.37.